The number of benzene rings is 1. The normalized spacial score (nSPS) is 15.8. The minimum atomic E-state index is 0.329. The van der Waals surface area contributed by atoms with Crippen LogP contribution < -0.4 is 15.2 Å². The Balaban J connectivity index is 2.30. The van der Waals surface area contributed by atoms with Gasteiger partial charge in [0.2, 0.25) is 6.79 Å². The Kier molecular flexibility index (Phi) is 2.10. The molecule has 1 atom stereocenters. The first-order valence-corrected chi connectivity index (χ1v) is 4.41. The summed E-state index contributed by atoms with van der Waals surface area (Å²) in [6, 6.07) is 5.97. The van der Waals surface area contributed by atoms with Crippen LogP contribution in [0.1, 0.15) is 18.4 Å². The van der Waals surface area contributed by atoms with Crippen LogP contribution in [0.5, 0.6) is 11.5 Å². The van der Waals surface area contributed by atoms with Crippen molar-refractivity contribution in [1.29, 1.82) is 0 Å². The highest BCUT2D eigenvalue weighted by Crippen LogP contribution is 2.34. The molecule has 0 bridgehead atoms. The molecule has 3 heteroatoms. The lowest BCUT2D eigenvalue weighted by Crippen LogP contribution is -2.08. The van der Waals surface area contributed by atoms with E-state index in [4.69, 9.17) is 15.2 Å². The Morgan fingerprint density at radius 3 is 2.92 bits per heavy atom. The van der Waals surface area contributed by atoms with Crippen molar-refractivity contribution in [3.63, 3.8) is 0 Å². The second-order valence-electron chi connectivity index (χ2n) is 3.25. The van der Waals surface area contributed by atoms with Gasteiger partial charge in [-0.2, -0.15) is 0 Å². The minimum Gasteiger partial charge on any atom is -0.454 e. The maximum atomic E-state index is 5.58. The van der Waals surface area contributed by atoms with Crippen LogP contribution in [0.4, 0.5) is 0 Å². The predicted octanol–water partition coefficient (Wildman–Crippen LogP) is 1.48. The number of hydrogen-bond donors (Lipinski definition) is 1. The standard InChI is InChI=1S/C10H13NO2/c1-7(5-11)8-2-3-9-10(4-8)13-6-12-9/h2-4,7H,5-6,11H2,1H3. The van der Waals surface area contributed by atoms with Crippen molar-refractivity contribution in [3.8, 4) is 11.5 Å². The smallest absolute Gasteiger partial charge is 0.231 e. The van der Waals surface area contributed by atoms with Crippen molar-refractivity contribution in [3.05, 3.63) is 23.8 Å². The van der Waals surface area contributed by atoms with E-state index >= 15 is 0 Å². The number of nitrogens with two attached hydrogens (primary N) is 1. The summed E-state index contributed by atoms with van der Waals surface area (Å²) in [4.78, 5) is 0. The van der Waals surface area contributed by atoms with Gasteiger partial charge in [-0.1, -0.05) is 13.0 Å². The fourth-order valence-electron chi connectivity index (χ4n) is 1.36. The Morgan fingerprint density at radius 1 is 1.38 bits per heavy atom. The highest BCUT2D eigenvalue weighted by Gasteiger charge is 2.14. The Morgan fingerprint density at radius 2 is 2.15 bits per heavy atom. The first-order chi connectivity index (χ1) is 6.31. The van der Waals surface area contributed by atoms with Crippen molar-refractivity contribution in [1.82, 2.24) is 0 Å². The molecular formula is C10H13NO2. The second-order valence-corrected chi connectivity index (χ2v) is 3.25. The van der Waals surface area contributed by atoms with Crippen molar-refractivity contribution in [2.45, 2.75) is 12.8 Å². The number of rotatable bonds is 2. The van der Waals surface area contributed by atoms with Gasteiger partial charge >= 0.3 is 0 Å². The van der Waals surface area contributed by atoms with Crippen LogP contribution in [0.3, 0.4) is 0 Å². The molecule has 0 saturated carbocycles. The molecule has 13 heavy (non-hydrogen) atoms. The van der Waals surface area contributed by atoms with E-state index in [1.54, 1.807) is 0 Å². The molecule has 1 aromatic carbocycles. The number of hydrogen-bond acceptors (Lipinski definition) is 3. The first kappa shape index (κ1) is 8.38. The minimum absolute atomic E-state index is 0.329. The van der Waals surface area contributed by atoms with Gasteiger partial charge in [0, 0.05) is 0 Å². The van der Waals surface area contributed by atoms with Crippen LogP contribution >= 0.6 is 0 Å². The molecule has 0 aliphatic carbocycles. The molecule has 0 fully saturated rings. The lowest BCUT2D eigenvalue weighted by Gasteiger charge is -2.08. The molecule has 1 aliphatic heterocycles. The van der Waals surface area contributed by atoms with Crippen LogP contribution in [0.2, 0.25) is 0 Å². The molecule has 0 radical (unpaired) electrons. The Bertz CT molecular complexity index is 312. The SMILES string of the molecule is CC(CN)c1ccc2c(c1)OCO2. The predicted molar refractivity (Wildman–Crippen MR) is 50.0 cm³/mol. The van der Waals surface area contributed by atoms with E-state index in [9.17, 15) is 0 Å². The van der Waals surface area contributed by atoms with Crippen LogP contribution in [0, 0.1) is 0 Å². The van der Waals surface area contributed by atoms with Crippen LogP contribution in [-0.2, 0) is 0 Å². The fourth-order valence-corrected chi connectivity index (χ4v) is 1.36. The van der Waals surface area contributed by atoms with Gasteiger partial charge in [0.25, 0.3) is 0 Å². The molecule has 0 aromatic heterocycles. The zero-order valence-electron chi connectivity index (χ0n) is 7.62. The van der Waals surface area contributed by atoms with E-state index < -0.39 is 0 Å². The van der Waals surface area contributed by atoms with Gasteiger partial charge in [0.1, 0.15) is 0 Å². The highest BCUT2D eigenvalue weighted by atomic mass is 16.7. The van der Waals surface area contributed by atoms with Gasteiger partial charge in [0.05, 0.1) is 0 Å². The number of fused-ring (bicyclic) bond motifs is 1. The zero-order chi connectivity index (χ0) is 9.26. The summed E-state index contributed by atoms with van der Waals surface area (Å²) in [5.41, 5.74) is 6.78. The Labute approximate surface area is 77.5 Å². The summed E-state index contributed by atoms with van der Waals surface area (Å²) in [5.74, 6) is 2.03. The lowest BCUT2D eigenvalue weighted by molar-refractivity contribution is 0.174. The molecule has 0 saturated heterocycles. The van der Waals surface area contributed by atoms with Crippen molar-refractivity contribution < 1.29 is 9.47 Å². The third kappa shape index (κ3) is 1.47. The molecule has 1 aromatic rings. The van der Waals surface area contributed by atoms with Gasteiger partial charge in [-0.05, 0) is 30.2 Å². The van der Waals surface area contributed by atoms with Crippen LogP contribution in [-0.4, -0.2) is 13.3 Å². The molecule has 0 spiro atoms. The molecule has 2 rings (SSSR count). The molecule has 1 unspecified atom stereocenters. The summed E-state index contributed by atoms with van der Waals surface area (Å²) in [6.07, 6.45) is 0. The van der Waals surface area contributed by atoms with Crippen molar-refractivity contribution >= 4 is 0 Å². The molecule has 0 amide bonds. The lowest BCUT2D eigenvalue weighted by atomic mass is 10.0. The average Bonchev–Trinajstić information content (AvgIpc) is 2.63. The monoisotopic (exact) mass is 179 g/mol. The molecule has 3 nitrogen and oxygen atoms in total. The summed E-state index contributed by atoms with van der Waals surface area (Å²) in [7, 11) is 0. The first-order valence-electron chi connectivity index (χ1n) is 4.41. The largest absolute Gasteiger partial charge is 0.454 e. The van der Waals surface area contributed by atoms with E-state index in [-0.39, 0.29) is 0 Å². The molecule has 1 aliphatic rings. The summed E-state index contributed by atoms with van der Waals surface area (Å²) in [6.45, 7) is 3.08. The van der Waals surface area contributed by atoms with Gasteiger partial charge in [-0.25, -0.2) is 0 Å². The molecule has 2 N–H and O–H groups in total. The average molecular weight is 179 g/mol. The maximum absolute atomic E-state index is 5.58. The van der Waals surface area contributed by atoms with Crippen LogP contribution in [0.25, 0.3) is 0 Å². The van der Waals surface area contributed by atoms with Gasteiger partial charge in [-0.15, -0.1) is 0 Å². The van der Waals surface area contributed by atoms with Gasteiger partial charge in [-0.3, -0.25) is 0 Å². The number of ether oxygens (including phenoxy) is 2. The third-order valence-electron chi connectivity index (χ3n) is 2.32. The molecule has 1 heterocycles. The van der Waals surface area contributed by atoms with Gasteiger partial charge < -0.3 is 15.2 Å². The second kappa shape index (κ2) is 3.26. The molecular weight excluding hydrogens is 166 g/mol. The summed E-state index contributed by atoms with van der Waals surface area (Å²) >= 11 is 0. The van der Waals surface area contributed by atoms with E-state index in [0.29, 0.717) is 19.3 Å². The quantitative estimate of drug-likeness (QED) is 0.747. The highest BCUT2D eigenvalue weighted by molar-refractivity contribution is 5.45. The molecule has 70 valence electrons. The summed E-state index contributed by atoms with van der Waals surface area (Å²) in [5, 5.41) is 0. The van der Waals surface area contributed by atoms with E-state index in [1.807, 2.05) is 18.2 Å². The maximum Gasteiger partial charge on any atom is 0.231 e. The van der Waals surface area contributed by atoms with Crippen molar-refractivity contribution in [2.24, 2.45) is 5.73 Å². The van der Waals surface area contributed by atoms with Gasteiger partial charge in [0.15, 0.2) is 11.5 Å². The van der Waals surface area contributed by atoms with E-state index in [2.05, 4.69) is 6.92 Å². The summed E-state index contributed by atoms with van der Waals surface area (Å²) < 4.78 is 10.5. The van der Waals surface area contributed by atoms with Crippen LogP contribution in [0.15, 0.2) is 18.2 Å². The van der Waals surface area contributed by atoms with E-state index in [1.165, 1.54) is 5.56 Å². The third-order valence-corrected chi connectivity index (χ3v) is 2.32. The zero-order valence-corrected chi connectivity index (χ0v) is 7.62. The topological polar surface area (TPSA) is 44.5 Å². The van der Waals surface area contributed by atoms with E-state index in [0.717, 1.165) is 11.5 Å². The Hall–Kier alpha value is -1.22. The van der Waals surface area contributed by atoms with Crippen molar-refractivity contribution in [2.75, 3.05) is 13.3 Å². The fraction of sp³-hybridized carbons (Fsp3) is 0.400.